The Kier molecular flexibility index (Phi) is 3.67. The van der Waals surface area contributed by atoms with Crippen molar-refractivity contribution >= 4 is 29.0 Å². The average molecular weight is 359 g/mol. The fourth-order valence-electron chi connectivity index (χ4n) is 3.38. The Morgan fingerprint density at radius 2 is 2.22 bits per heavy atom. The summed E-state index contributed by atoms with van der Waals surface area (Å²) in [5.74, 6) is 0.832. The molecule has 134 valence electrons. The third kappa shape index (κ3) is 2.85. The predicted molar refractivity (Wildman–Crippen MR) is 103 cm³/mol. The molecule has 0 saturated carbocycles. The topological polar surface area (TPSA) is 79.2 Å². The molecule has 0 amide bonds. The fourth-order valence-corrected chi connectivity index (χ4v) is 3.38. The standard InChI is InChI=1S/C21H17N3O3/c25-21-15(10-13-4-5-16-18(11-13)23-12-22-16)20-17(24-21)2-1-3-19(20)27-14-6-8-26-9-7-14/h1-6,8,10-12,14,24-25H,7,9H2/b13-10+/t14-/m1/s1. The number of aromatic hydroxyl groups is 1. The first kappa shape index (κ1) is 15.7. The summed E-state index contributed by atoms with van der Waals surface area (Å²) in [7, 11) is 0. The summed E-state index contributed by atoms with van der Waals surface area (Å²) in [5, 5.41) is 13.1. The van der Waals surface area contributed by atoms with Crippen LogP contribution in [0.15, 0.2) is 58.7 Å². The molecule has 0 radical (unpaired) electrons. The van der Waals surface area contributed by atoms with Crippen LogP contribution in [0.1, 0.15) is 12.0 Å². The van der Waals surface area contributed by atoms with E-state index in [2.05, 4.69) is 15.0 Å². The molecule has 0 unspecified atom stereocenters. The molecular weight excluding hydrogens is 342 g/mol. The molecule has 2 aliphatic rings. The smallest absolute Gasteiger partial charge is 0.197 e. The maximum atomic E-state index is 10.5. The van der Waals surface area contributed by atoms with Gasteiger partial charge in [0, 0.05) is 12.0 Å². The van der Waals surface area contributed by atoms with Crippen molar-refractivity contribution in [1.29, 1.82) is 0 Å². The van der Waals surface area contributed by atoms with Crippen LogP contribution in [0.25, 0.3) is 17.0 Å². The van der Waals surface area contributed by atoms with Crippen LogP contribution in [0.4, 0.5) is 5.69 Å². The highest BCUT2D eigenvalue weighted by molar-refractivity contribution is 5.96. The first-order chi connectivity index (χ1) is 13.3. The Bertz CT molecular complexity index is 1210. The van der Waals surface area contributed by atoms with Gasteiger partial charge in [0.15, 0.2) is 5.88 Å². The molecule has 0 aliphatic carbocycles. The Morgan fingerprint density at radius 3 is 3.11 bits per heavy atom. The zero-order chi connectivity index (χ0) is 18.2. The lowest BCUT2D eigenvalue weighted by Crippen LogP contribution is -2.19. The van der Waals surface area contributed by atoms with Gasteiger partial charge in [-0.1, -0.05) is 12.1 Å². The van der Waals surface area contributed by atoms with Crippen molar-refractivity contribution in [2.45, 2.75) is 12.5 Å². The van der Waals surface area contributed by atoms with Gasteiger partial charge in [-0.2, -0.15) is 0 Å². The normalized spacial score (nSPS) is 18.4. The first-order valence-electron chi connectivity index (χ1n) is 8.79. The summed E-state index contributed by atoms with van der Waals surface area (Å²) in [6.07, 6.45) is 7.78. The molecule has 0 fully saturated rings. The van der Waals surface area contributed by atoms with Crippen molar-refractivity contribution in [2.24, 2.45) is 9.98 Å². The second-order valence-corrected chi connectivity index (χ2v) is 6.48. The monoisotopic (exact) mass is 359 g/mol. The van der Waals surface area contributed by atoms with E-state index in [1.807, 2.05) is 48.6 Å². The van der Waals surface area contributed by atoms with Crippen molar-refractivity contribution in [3.05, 3.63) is 64.9 Å². The number of nitrogens with one attached hydrogen (secondary N) is 1. The van der Waals surface area contributed by atoms with Gasteiger partial charge in [-0.05, 0) is 41.6 Å². The molecule has 0 saturated heterocycles. The zero-order valence-electron chi connectivity index (χ0n) is 14.4. The Morgan fingerprint density at radius 1 is 1.26 bits per heavy atom. The number of aromatic nitrogens is 1. The largest absolute Gasteiger partial charge is 0.501 e. The lowest BCUT2D eigenvalue weighted by Gasteiger charge is -2.19. The number of ether oxygens (including phenoxy) is 2. The quantitative estimate of drug-likeness (QED) is 0.755. The highest BCUT2D eigenvalue weighted by Crippen LogP contribution is 2.35. The number of fused-ring (bicyclic) bond motifs is 2. The van der Waals surface area contributed by atoms with Crippen LogP contribution in [-0.2, 0) is 4.74 Å². The maximum Gasteiger partial charge on any atom is 0.197 e. The SMILES string of the molecule is Oc1[nH]c2cccc(O[C@@H]3C=COCC3)c2c1/C=c1\ccc2c(c1)N=CN=2. The fraction of sp³-hybridized carbons (Fsp3) is 0.143. The molecule has 1 aromatic heterocycles. The van der Waals surface area contributed by atoms with Gasteiger partial charge in [-0.15, -0.1) is 0 Å². The van der Waals surface area contributed by atoms with E-state index in [-0.39, 0.29) is 12.0 Å². The minimum atomic E-state index is -0.0508. The number of aliphatic imine (C=N–C) groups is 1. The van der Waals surface area contributed by atoms with Crippen LogP contribution in [0.3, 0.4) is 0 Å². The first-order valence-corrected chi connectivity index (χ1v) is 8.79. The van der Waals surface area contributed by atoms with Crippen LogP contribution in [0.2, 0.25) is 0 Å². The third-order valence-corrected chi connectivity index (χ3v) is 4.70. The van der Waals surface area contributed by atoms with Gasteiger partial charge in [0.1, 0.15) is 18.2 Å². The van der Waals surface area contributed by atoms with Crippen molar-refractivity contribution < 1.29 is 14.6 Å². The average Bonchev–Trinajstić information content (AvgIpc) is 3.27. The number of H-pyrrole nitrogens is 1. The Balaban J connectivity index is 1.64. The summed E-state index contributed by atoms with van der Waals surface area (Å²) >= 11 is 0. The molecule has 2 aliphatic heterocycles. The molecule has 6 nitrogen and oxygen atoms in total. The van der Waals surface area contributed by atoms with Crippen molar-refractivity contribution in [2.75, 3.05) is 6.61 Å². The number of aromatic amines is 1. The summed E-state index contributed by atoms with van der Waals surface area (Å²) in [6.45, 7) is 0.634. The summed E-state index contributed by atoms with van der Waals surface area (Å²) in [6, 6.07) is 11.6. The third-order valence-electron chi connectivity index (χ3n) is 4.70. The van der Waals surface area contributed by atoms with Crippen LogP contribution in [0, 0.1) is 0 Å². The molecule has 5 rings (SSSR count). The van der Waals surface area contributed by atoms with Crippen LogP contribution in [0.5, 0.6) is 11.6 Å². The molecule has 6 heteroatoms. The summed E-state index contributed by atoms with van der Waals surface area (Å²) < 4.78 is 11.4. The number of benzene rings is 2. The van der Waals surface area contributed by atoms with E-state index >= 15 is 0 Å². The molecule has 2 aromatic carbocycles. The number of hydrogen-bond acceptors (Lipinski definition) is 5. The van der Waals surface area contributed by atoms with Gasteiger partial charge in [-0.3, -0.25) is 0 Å². The lowest BCUT2D eigenvalue weighted by molar-refractivity contribution is 0.148. The van der Waals surface area contributed by atoms with E-state index in [4.69, 9.17) is 9.47 Å². The second-order valence-electron chi connectivity index (χ2n) is 6.48. The van der Waals surface area contributed by atoms with Crippen molar-refractivity contribution in [3.8, 4) is 11.6 Å². The Labute approximate surface area is 154 Å². The van der Waals surface area contributed by atoms with Gasteiger partial charge in [0.05, 0.1) is 34.8 Å². The molecular formula is C21H17N3O3. The number of hydrogen-bond donors (Lipinski definition) is 2. The molecule has 3 heterocycles. The van der Waals surface area contributed by atoms with E-state index in [0.29, 0.717) is 12.2 Å². The molecule has 0 spiro atoms. The van der Waals surface area contributed by atoms with Crippen LogP contribution >= 0.6 is 0 Å². The van der Waals surface area contributed by atoms with Gasteiger partial charge < -0.3 is 19.6 Å². The van der Waals surface area contributed by atoms with Crippen molar-refractivity contribution in [3.63, 3.8) is 0 Å². The van der Waals surface area contributed by atoms with Gasteiger partial charge in [-0.25, -0.2) is 9.98 Å². The highest BCUT2D eigenvalue weighted by Gasteiger charge is 2.17. The molecule has 2 N–H and O–H groups in total. The molecule has 3 aromatic rings. The van der Waals surface area contributed by atoms with E-state index in [9.17, 15) is 5.11 Å². The van der Waals surface area contributed by atoms with Crippen LogP contribution in [-0.4, -0.2) is 29.1 Å². The van der Waals surface area contributed by atoms with Crippen LogP contribution < -0.4 is 15.3 Å². The summed E-state index contributed by atoms with van der Waals surface area (Å²) in [5.41, 5.74) is 2.34. The lowest BCUT2D eigenvalue weighted by atomic mass is 10.1. The zero-order valence-corrected chi connectivity index (χ0v) is 14.4. The van der Waals surface area contributed by atoms with E-state index < -0.39 is 0 Å². The van der Waals surface area contributed by atoms with Gasteiger partial charge >= 0.3 is 0 Å². The summed E-state index contributed by atoms with van der Waals surface area (Å²) in [4.78, 5) is 11.5. The second kappa shape index (κ2) is 6.32. The van der Waals surface area contributed by atoms with E-state index in [1.165, 1.54) is 0 Å². The highest BCUT2D eigenvalue weighted by atomic mass is 16.5. The maximum absolute atomic E-state index is 10.5. The minimum absolute atomic E-state index is 0.0508. The Hall–Kier alpha value is -3.54. The van der Waals surface area contributed by atoms with E-state index in [1.54, 1.807) is 12.6 Å². The molecule has 27 heavy (non-hydrogen) atoms. The molecule has 0 bridgehead atoms. The van der Waals surface area contributed by atoms with Crippen molar-refractivity contribution in [1.82, 2.24) is 4.98 Å². The molecule has 1 atom stereocenters. The van der Waals surface area contributed by atoms with Gasteiger partial charge in [0.25, 0.3) is 0 Å². The minimum Gasteiger partial charge on any atom is -0.501 e. The number of nitrogens with zero attached hydrogens (tertiary/aromatic N) is 2. The number of rotatable bonds is 3. The predicted octanol–water partition coefficient (Wildman–Crippen LogP) is 2.68. The van der Waals surface area contributed by atoms with E-state index in [0.717, 1.165) is 39.3 Å². The van der Waals surface area contributed by atoms with Gasteiger partial charge in [0.2, 0.25) is 0 Å².